The van der Waals surface area contributed by atoms with E-state index < -0.39 is 10.1 Å². The predicted molar refractivity (Wildman–Crippen MR) is 65.8 cm³/mol. The number of benzene rings is 1. The molecule has 1 heterocycles. The van der Waals surface area contributed by atoms with E-state index in [-0.39, 0.29) is 4.90 Å². The fourth-order valence-corrected chi connectivity index (χ4v) is 1.83. The lowest BCUT2D eigenvalue weighted by Crippen LogP contribution is -1.96. The largest absolute Gasteiger partial charge is 0.335 e. The number of hydrogen-bond acceptors (Lipinski definition) is 4. The average Bonchev–Trinajstić information content (AvgIpc) is 2.72. The number of aryl methyl sites for hydroxylation is 1. The predicted octanol–water partition coefficient (Wildman–Crippen LogP) is 2.69. The summed E-state index contributed by atoms with van der Waals surface area (Å²) in [6.45, 7) is 0. The molecular weight excluding hydrogens is 254 g/mol. The van der Waals surface area contributed by atoms with Gasteiger partial charge in [-0.1, -0.05) is 0 Å². The fourth-order valence-electron chi connectivity index (χ4n) is 1.35. The summed E-state index contributed by atoms with van der Waals surface area (Å²) in [7, 11) is -2.32. The van der Waals surface area contributed by atoms with Gasteiger partial charge < -0.3 is 4.57 Å². The first kappa shape index (κ1) is 12.5. The van der Waals surface area contributed by atoms with Crippen molar-refractivity contribution in [1.82, 2.24) is 4.57 Å². The minimum Gasteiger partial charge on any atom is -0.335 e. The van der Waals surface area contributed by atoms with Gasteiger partial charge in [0.2, 0.25) is 0 Å². The van der Waals surface area contributed by atoms with Gasteiger partial charge in [0.05, 0.1) is 10.6 Å². The quantitative estimate of drug-likeness (QED) is 0.684. The van der Waals surface area contributed by atoms with Crippen molar-refractivity contribution in [2.45, 2.75) is 4.90 Å². The van der Waals surface area contributed by atoms with Crippen molar-refractivity contribution in [3.05, 3.63) is 42.6 Å². The Morgan fingerprint density at radius 3 is 2.28 bits per heavy atom. The first-order chi connectivity index (χ1) is 8.47. The number of azo groups is 1. The number of hydrogen-bond donors (Lipinski definition) is 1. The minimum atomic E-state index is -4.16. The van der Waals surface area contributed by atoms with Crippen molar-refractivity contribution >= 4 is 21.6 Å². The molecule has 1 N–H and O–H groups in total. The Bertz CT molecular complexity index is 672. The Balaban J connectivity index is 2.22. The normalized spacial score (nSPS) is 12.1. The van der Waals surface area contributed by atoms with Crippen LogP contribution in [0.15, 0.2) is 57.7 Å². The lowest BCUT2D eigenvalue weighted by molar-refractivity contribution is 0.483. The molecule has 0 atom stereocenters. The van der Waals surface area contributed by atoms with E-state index in [0.29, 0.717) is 11.5 Å². The summed E-state index contributed by atoms with van der Waals surface area (Å²) in [5.74, 6) is 0.689. The van der Waals surface area contributed by atoms with E-state index in [2.05, 4.69) is 10.2 Å². The molecule has 0 radical (unpaired) electrons. The topological polar surface area (TPSA) is 84.0 Å². The van der Waals surface area contributed by atoms with E-state index in [1.807, 2.05) is 19.3 Å². The molecule has 6 nitrogen and oxygen atoms in total. The molecule has 94 valence electrons. The first-order valence-corrected chi connectivity index (χ1v) is 6.51. The SMILES string of the molecule is Cn1cccc1N=Nc1ccc(S(=O)(=O)O)cc1. The van der Waals surface area contributed by atoms with Crippen LogP contribution >= 0.6 is 0 Å². The summed E-state index contributed by atoms with van der Waals surface area (Å²) in [6, 6.07) is 9.13. The van der Waals surface area contributed by atoms with Crippen LogP contribution in [0.1, 0.15) is 0 Å². The molecule has 0 aliphatic heterocycles. The second kappa shape index (κ2) is 4.71. The van der Waals surface area contributed by atoms with Gasteiger partial charge >= 0.3 is 0 Å². The van der Waals surface area contributed by atoms with Crippen LogP contribution in [-0.4, -0.2) is 17.5 Å². The molecule has 0 aliphatic rings. The Morgan fingerprint density at radius 2 is 1.78 bits per heavy atom. The van der Waals surface area contributed by atoms with Crippen LogP contribution in [0.5, 0.6) is 0 Å². The third-order valence-corrected chi connectivity index (χ3v) is 3.19. The second-order valence-electron chi connectivity index (χ2n) is 3.65. The zero-order chi connectivity index (χ0) is 13.2. The van der Waals surface area contributed by atoms with Crippen LogP contribution in [0.3, 0.4) is 0 Å². The van der Waals surface area contributed by atoms with Crippen LogP contribution in [0.25, 0.3) is 0 Å². The summed E-state index contributed by atoms with van der Waals surface area (Å²) in [6.07, 6.45) is 1.84. The van der Waals surface area contributed by atoms with Gasteiger partial charge in [0, 0.05) is 13.2 Å². The molecule has 1 aromatic carbocycles. The first-order valence-electron chi connectivity index (χ1n) is 5.07. The van der Waals surface area contributed by atoms with Gasteiger partial charge in [-0.05, 0) is 36.4 Å². The van der Waals surface area contributed by atoms with E-state index in [0.717, 1.165) is 0 Å². The van der Waals surface area contributed by atoms with E-state index >= 15 is 0 Å². The maximum atomic E-state index is 10.8. The molecule has 0 saturated heterocycles. The highest BCUT2D eigenvalue weighted by Crippen LogP contribution is 2.19. The van der Waals surface area contributed by atoms with Crippen LogP contribution in [0.4, 0.5) is 11.5 Å². The third kappa shape index (κ3) is 2.82. The molecular formula is C11H11N3O3S. The van der Waals surface area contributed by atoms with Gasteiger partial charge in [-0.2, -0.15) is 8.42 Å². The summed E-state index contributed by atoms with van der Waals surface area (Å²) >= 11 is 0. The third-order valence-electron chi connectivity index (χ3n) is 2.32. The van der Waals surface area contributed by atoms with E-state index in [1.165, 1.54) is 24.3 Å². The highest BCUT2D eigenvalue weighted by atomic mass is 32.2. The molecule has 0 bridgehead atoms. The molecule has 2 rings (SSSR count). The monoisotopic (exact) mass is 265 g/mol. The van der Waals surface area contributed by atoms with E-state index in [1.54, 1.807) is 10.6 Å². The van der Waals surface area contributed by atoms with Crippen LogP contribution in [0.2, 0.25) is 0 Å². The Hall–Kier alpha value is -1.99. The highest BCUT2D eigenvalue weighted by molar-refractivity contribution is 7.85. The van der Waals surface area contributed by atoms with Gasteiger partial charge in [-0.15, -0.1) is 10.2 Å². The Morgan fingerprint density at radius 1 is 1.11 bits per heavy atom. The molecule has 7 heteroatoms. The summed E-state index contributed by atoms with van der Waals surface area (Å²) < 4.78 is 32.3. The minimum absolute atomic E-state index is 0.166. The van der Waals surface area contributed by atoms with Crippen LogP contribution in [0, 0.1) is 0 Å². The summed E-state index contributed by atoms with van der Waals surface area (Å²) in [4.78, 5) is -0.166. The molecule has 0 amide bonds. The lowest BCUT2D eigenvalue weighted by atomic mass is 10.3. The van der Waals surface area contributed by atoms with Gasteiger partial charge in [0.25, 0.3) is 10.1 Å². The molecule has 18 heavy (non-hydrogen) atoms. The van der Waals surface area contributed by atoms with Crippen molar-refractivity contribution in [3.63, 3.8) is 0 Å². The number of aromatic nitrogens is 1. The fraction of sp³-hybridized carbons (Fsp3) is 0.0909. The smallest absolute Gasteiger partial charge is 0.294 e. The maximum Gasteiger partial charge on any atom is 0.294 e. The molecule has 0 fully saturated rings. The van der Waals surface area contributed by atoms with Crippen LogP contribution < -0.4 is 0 Å². The van der Waals surface area contributed by atoms with Crippen molar-refractivity contribution in [2.24, 2.45) is 17.3 Å². The highest BCUT2D eigenvalue weighted by Gasteiger charge is 2.07. The van der Waals surface area contributed by atoms with Gasteiger partial charge in [0.15, 0.2) is 5.82 Å². The van der Waals surface area contributed by atoms with Crippen LogP contribution in [-0.2, 0) is 17.2 Å². The average molecular weight is 265 g/mol. The number of nitrogens with zero attached hydrogens (tertiary/aromatic N) is 3. The zero-order valence-corrected chi connectivity index (χ0v) is 10.4. The molecule has 0 unspecified atom stereocenters. The summed E-state index contributed by atoms with van der Waals surface area (Å²) in [5.41, 5.74) is 0.503. The molecule has 2 aromatic rings. The van der Waals surface area contributed by atoms with Crippen molar-refractivity contribution < 1.29 is 13.0 Å². The lowest BCUT2D eigenvalue weighted by Gasteiger charge is -1.97. The Kier molecular flexibility index (Phi) is 3.26. The van der Waals surface area contributed by atoms with Gasteiger partial charge in [-0.25, -0.2) is 0 Å². The molecule has 0 spiro atoms. The maximum absolute atomic E-state index is 10.8. The molecule has 0 aliphatic carbocycles. The van der Waals surface area contributed by atoms with Crippen molar-refractivity contribution in [3.8, 4) is 0 Å². The van der Waals surface area contributed by atoms with E-state index in [4.69, 9.17) is 4.55 Å². The van der Waals surface area contributed by atoms with Gasteiger partial charge in [0.1, 0.15) is 0 Å². The molecule has 1 aromatic heterocycles. The second-order valence-corrected chi connectivity index (χ2v) is 5.07. The molecule has 0 saturated carbocycles. The van der Waals surface area contributed by atoms with Gasteiger partial charge in [-0.3, -0.25) is 4.55 Å². The Labute approximate surface area is 104 Å². The van der Waals surface area contributed by atoms with Crippen molar-refractivity contribution in [2.75, 3.05) is 0 Å². The standard InChI is InChI=1S/C11H11N3O3S/c1-14-8-2-3-11(14)13-12-9-4-6-10(7-5-9)18(15,16)17/h2-8H,1H3,(H,15,16,17). The number of rotatable bonds is 3. The van der Waals surface area contributed by atoms with Crippen molar-refractivity contribution in [1.29, 1.82) is 0 Å². The van der Waals surface area contributed by atoms with E-state index in [9.17, 15) is 8.42 Å². The summed E-state index contributed by atoms with van der Waals surface area (Å²) in [5, 5.41) is 7.96. The zero-order valence-electron chi connectivity index (χ0n) is 9.56.